The van der Waals surface area contributed by atoms with Gasteiger partial charge in [0.15, 0.2) is 0 Å². The second-order valence-electron chi connectivity index (χ2n) is 5.49. The van der Waals surface area contributed by atoms with Gasteiger partial charge in [-0.15, -0.1) is 0 Å². The molecule has 0 saturated heterocycles. The number of rotatable bonds is 3. The maximum absolute atomic E-state index is 9.41. The predicted molar refractivity (Wildman–Crippen MR) is 97.3 cm³/mol. The molecule has 0 amide bonds. The van der Waals surface area contributed by atoms with Crippen LogP contribution in [-0.2, 0) is 0 Å². The third kappa shape index (κ3) is 3.31. The normalized spacial score (nSPS) is 9.33. The van der Waals surface area contributed by atoms with E-state index in [2.05, 4.69) is 0 Å². The molecule has 124 valence electrons. The van der Waals surface area contributed by atoms with Crippen molar-refractivity contribution >= 4 is 0 Å². The zero-order valence-electron chi connectivity index (χ0n) is 14.0. The van der Waals surface area contributed by atoms with Gasteiger partial charge in [-0.1, -0.05) is 42.5 Å². The maximum Gasteiger partial charge on any atom is 0.147 e. The summed E-state index contributed by atoms with van der Waals surface area (Å²) in [5.74, 6) is 0.515. The smallest absolute Gasteiger partial charge is 0.147 e. The fraction of sp³-hybridized carbons (Fsp3) is 0. The van der Waals surface area contributed by atoms with Gasteiger partial charge in [0.05, 0.1) is 16.7 Å². The lowest BCUT2D eigenvalue weighted by molar-refractivity contribution is 0.480. The highest BCUT2D eigenvalue weighted by Crippen LogP contribution is 2.32. The Hall–Kier alpha value is -4.58. The number of nitriles is 4. The molecule has 0 fully saturated rings. The van der Waals surface area contributed by atoms with Gasteiger partial charge in [0.2, 0.25) is 0 Å². The molecule has 3 aromatic carbocycles. The summed E-state index contributed by atoms with van der Waals surface area (Å²) in [7, 11) is 0. The van der Waals surface area contributed by atoms with Crippen LogP contribution in [0.3, 0.4) is 0 Å². The summed E-state index contributed by atoms with van der Waals surface area (Å²) in [5.41, 5.74) is 1.69. The van der Waals surface area contributed by atoms with Gasteiger partial charge in [0, 0.05) is 6.07 Å². The lowest BCUT2D eigenvalue weighted by Gasteiger charge is -2.11. The molecule has 5 heteroatoms. The van der Waals surface area contributed by atoms with Crippen LogP contribution in [0, 0.1) is 45.3 Å². The number of ether oxygens (including phenoxy) is 1. The quantitative estimate of drug-likeness (QED) is 0.687. The van der Waals surface area contributed by atoms with E-state index in [4.69, 9.17) is 4.74 Å². The summed E-state index contributed by atoms with van der Waals surface area (Å²) in [4.78, 5) is 0. The van der Waals surface area contributed by atoms with Gasteiger partial charge in [-0.3, -0.25) is 0 Å². The Morgan fingerprint density at radius 3 is 1.74 bits per heavy atom. The topological polar surface area (TPSA) is 104 Å². The largest absolute Gasteiger partial charge is 0.456 e. The summed E-state index contributed by atoms with van der Waals surface area (Å²) in [6.07, 6.45) is 0. The first-order chi connectivity index (χ1) is 13.2. The molecule has 0 aliphatic rings. The number of nitrogens with zero attached hydrogens (tertiary/aromatic N) is 4. The van der Waals surface area contributed by atoms with Crippen molar-refractivity contribution in [3.63, 3.8) is 0 Å². The molecule has 5 nitrogen and oxygen atoms in total. The van der Waals surface area contributed by atoms with Crippen LogP contribution in [0.1, 0.15) is 22.3 Å². The Morgan fingerprint density at radius 2 is 1.19 bits per heavy atom. The SMILES string of the molecule is N#Cc1cc(Oc2ccc(-c3ccccc3)cc2)c(C#N)c(C#N)c1C#N. The van der Waals surface area contributed by atoms with Crippen LogP contribution in [0.4, 0.5) is 0 Å². The van der Waals surface area contributed by atoms with Crippen molar-refractivity contribution < 1.29 is 4.74 Å². The van der Waals surface area contributed by atoms with E-state index in [1.807, 2.05) is 60.7 Å². The van der Waals surface area contributed by atoms with Gasteiger partial charge < -0.3 is 4.74 Å². The first-order valence-corrected chi connectivity index (χ1v) is 7.86. The predicted octanol–water partition coefficient (Wildman–Crippen LogP) is 4.63. The first-order valence-electron chi connectivity index (χ1n) is 7.86. The molecular weight excluding hydrogens is 336 g/mol. The van der Waals surface area contributed by atoms with E-state index in [1.54, 1.807) is 18.2 Å². The van der Waals surface area contributed by atoms with E-state index in [9.17, 15) is 21.0 Å². The average Bonchev–Trinajstić information content (AvgIpc) is 2.73. The van der Waals surface area contributed by atoms with Crippen LogP contribution in [0.25, 0.3) is 11.1 Å². The molecule has 0 bridgehead atoms. The lowest BCUT2D eigenvalue weighted by atomic mass is 9.97. The Kier molecular flexibility index (Phi) is 4.82. The van der Waals surface area contributed by atoms with Crippen molar-refractivity contribution in [3.05, 3.63) is 82.9 Å². The average molecular weight is 346 g/mol. The summed E-state index contributed by atoms with van der Waals surface area (Å²) < 4.78 is 5.74. The summed E-state index contributed by atoms with van der Waals surface area (Å²) in [6, 6.07) is 25.7. The third-order valence-corrected chi connectivity index (χ3v) is 3.94. The van der Waals surface area contributed by atoms with Gasteiger partial charge in [0.25, 0.3) is 0 Å². The summed E-state index contributed by atoms with van der Waals surface area (Å²) >= 11 is 0. The highest BCUT2D eigenvalue weighted by molar-refractivity contribution is 5.67. The van der Waals surface area contributed by atoms with E-state index in [0.717, 1.165) is 11.1 Å². The van der Waals surface area contributed by atoms with Crippen LogP contribution in [-0.4, -0.2) is 0 Å². The van der Waals surface area contributed by atoms with Crippen molar-refractivity contribution in [3.8, 4) is 46.9 Å². The van der Waals surface area contributed by atoms with Gasteiger partial charge in [0.1, 0.15) is 41.3 Å². The maximum atomic E-state index is 9.41. The minimum atomic E-state index is -0.157. The Balaban J connectivity index is 2.02. The van der Waals surface area contributed by atoms with Crippen LogP contribution in [0.2, 0.25) is 0 Å². The molecule has 3 aromatic rings. The highest BCUT2D eigenvalue weighted by Gasteiger charge is 2.19. The molecular formula is C22H10N4O. The molecule has 0 saturated carbocycles. The van der Waals surface area contributed by atoms with Crippen LogP contribution >= 0.6 is 0 Å². The second kappa shape index (κ2) is 7.54. The molecule has 0 spiro atoms. The van der Waals surface area contributed by atoms with E-state index < -0.39 is 0 Å². The Bertz CT molecular complexity index is 1170. The van der Waals surface area contributed by atoms with Crippen molar-refractivity contribution in [2.75, 3.05) is 0 Å². The molecule has 0 N–H and O–H groups in total. The minimum Gasteiger partial charge on any atom is -0.456 e. The Labute approximate surface area is 156 Å². The molecule has 27 heavy (non-hydrogen) atoms. The standard InChI is InChI=1S/C22H10N4O/c23-11-17-10-22(21(14-26)20(13-25)19(17)12-24)27-18-8-6-16(7-9-18)15-4-2-1-3-5-15/h1-10H. The van der Waals surface area contributed by atoms with Crippen molar-refractivity contribution in [1.29, 1.82) is 21.0 Å². The van der Waals surface area contributed by atoms with Crippen LogP contribution in [0.15, 0.2) is 60.7 Å². The van der Waals surface area contributed by atoms with Crippen molar-refractivity contribution in [2.45, 2.75) is 0 Å². The van der Waals surface area contributed by atoms with Gasteiger partial charge in [-0.2, -0.15) is 21.0 Å². The molecule has 0 atom stereocenters. The fourth-order valence-corrected chi connectivity index (χ4v) is 2.64. The molecule has 0 aliphatic carbocycles. The monoisotopic (exact) mass is 346 g/mol. The number of hydrogen-bond donors (Lipinski definition) is 0. The fourth-order valence-electron chi connectivity index (χ4n) is 2.64. The zero-order valence-corrected chi connectivity index (χ0v) is 14.0. The lowest BCUT2D eigenvalue weighted by Crippen LogP contribution is -1.98. The zero-order chi connectivity index (χ0) is 19.2. The summed E-state index contributed by atoms with van der Waals surface area (Å²) in [5, 5.41) is 37.2. The first kappa shape index (κ1) is 17.2. The van der Waals surface area contributed by atoms with Crippen molar-refractivity contribution in [1.82, 2.24) is 0 Å². The summed E-state index contributed by atoms with van der Waals surface area (Å²) in [6.45, 7) is 0. The van der Waals surface area contributed by atoms with Gasteiger partial charge in [-0.25, -0.2) is 0 Å². The highest BCUT2D eigenvalue weighted by atomic mass is 16.5. The minimum absolute atomic E-state index is 0.0102. The van der Waals surface area contributed by atoms with E-state index in [0.29, 0.717) is 5.75 Å². The van der Waals surface area contributed by atoms with E-state index in [-0.39, 0.29) is 28.0 Å². The third-order valence-electron chi connectivity index (χ3n) is 3.94. The molecule has 3 rings (SSSR count). The molecule has 0 aromatic heterocycles. The van der Waals surface area contributed by atoms with Gasteiger partial charge >= 0.3 is 0 Å². The van der Waals surface area contributed by atoms with Crippen molar-refractivity contribution in [2.24, 2.45) is 0 Å². The molecule has 0 unspecified atom stereocenters. The Morgan fingerprint density at radius 1 is 0.593 bits per heavy atom. The van der Waals surface area contributed by atoms with Crippen LogP contribution < -0.4 is 4.74 Å². The van der Waals surface area contributed by atoms with E-state index in [1.165, 1.54) is 6.07 Å². The second-order valence-corrected chi connectivity index (χ2v) is 5.49. The number of hydrogen-bond acceptors (Lipinski definition) is 5. The van der Waals surface area contributed by atoms with E-state index >= 15 is 0 Å². The molecule has 0 heterocycles. The molecule has 0 radical (unpaired) electrons. The number of benzene rings is 3. The molecule has 0 aliphatic heterocycles. The van der Waals surface area contributed by atoms with Gasteiger partial charge in [-0.05, 0) is 23.3 Å². The van der Waals surface area contributed by atoms with Crippen LogP contribution in [0.5, 0.6) is 11.5 Å².